The third kappa shape index (κ3) is 2.79. The molecular formula is C16H19BrN2O4S. The summed E-state index contributed by atoms with van der Waals surface area (Å²) in [4.78, 5) is 14.8. The van der Waals surface area contributed by atoms with Crippen LogP contribution in [0.1, 0.15) is 35.7 Å². The molecule has 2 aliphatic heterocycles. The normalized spacial score (nSPS) is 22.4. The third-order valence-electron chi connectivity index (χ3n) is 5.01. The Labute approximate surface area is 149 Å². The molecule has 8 heteroatoms. The van der Waals surface area contributed by atoms with Gasteiger partial charge in [-0.2, -0.15) is 0 Å². The molecule has 1 amide bonds. The second-order valence-electron chi connectivity index (χ2n) is 6.80. The molecule has 0 radical (unpaired) electrons. The smallest absolute Gasteiger partial charge is 0.256 e. The van der Waals surface area contributed by atoms with Crippen LogP contribution < -0.4 is 4.72 Å². The van der Waals surface area contributed by atoms with E-state index in [1.165, 1.54) is 6.07 Å². The number of carbonyl (C=O) groups excluding carboxylic acids is 1. The fourth-order valence-corrected chi connectivity index (χ4v) is 5.49. The summed E-state index contributed by atoms with van der Waals surface area (Å²) in [5, 5.41) is 0. The maximum absolute atomic E-state index is 12.9. The average molecular weight is 415 g/mol. The zero-order valence-corrected chi connectivity index (χ0v) is 15.7. The average Bonchev–Trinajstić information content (AvgIpc) is 3.27. The highest BCUT2D eigenvalue weighted by Gasteiger charge is 2.41. The van der Waals surface area contributed by atoms with Crippen LogP contribution in [0.15, 0.2) is 21.5 Å². The van der Waals surface area contributed by atoms with Crippen molar-refractivity contribution >= 4 is 31.9 Å². The van der Waals surface area contributed by atoms with Crippen molar-refractivity contribution < 1.29 is 17.9 Å². The number of nitrogens with zero attached hydrogens (tertiary/aromatic N) is 1. The van der Waals surface area contributed by atoms with Crippen molar-refractivity contribution in [2.45, 2.75) is 43.3 Å². The number of hydrogen-bond donors (Lipinski definition) is 1. The summed E-state index contributed by atoms with van der Waals surface area (Å²) in [6.45, 7) is 3.26. The molecule has 130 valence electrons. The highest BCUT2D eigenvalue weighted by Crippen LogP contribution is 2.40. The van der Waals surface area contributed by atoms with Crippen LogP contribution >= 0.6 is 15.9 Å². The van der Waals surface area contributed by atoms with E-state index in [1.807, 2.05) is 6.07 Å². The van der Waals surface area contributed by atoms with Gasteiger partial charge >= 0.3 is 0 Å². The van der Waals surface area contributed by atoms with E-state index in [9.17, 15) is 13.2 Å². The summed E-state index contributed by atoms with van der Waals surface area (Å²) in [6, 6.07) is 3.29. The fraction of sp³-hybridized carbons (Fsp3) is 0.562. The van der Waals surface area contributed by atoms with Crippen LogP contribution in [0.2, 0.25) is 0 Å². The Morgan fingerprint density at radius 1 is 1.33 bits per heavy atom. The number of halogens is 1. The first-order chi connectivity index (χ1) is 11.4. The zero-order valence-electron chi connectivity index (χ0n) is 13.3. The minimum Gasteiger partial charge on any atom is -0.378 e. The van der Waals surface area contributed by atoms with Crippen LogP contribution in [0.4, 0.5) is 0 Å². The van der Waals surface area contributed by atoms with Crippen LogP contribution in [0.25, 0.3) is 0 Å². The molecule has 3 aliphatic rings. The molecule has 0 unspecified atom stereocenters. The van der Waals surface area contributed by atoms with Crippen molar-refractivity contribution in [3.05, 3.63) is 27.7 Å². The molecule has 1 atom stereocenters. The lowest BCUT2D eigenvalue weighted by Gasteiger charge is -2.27. The minimum absolute atomic E-state index is 0.0641. The molecule has 1 aromatic carbocycles. The van der Waals surface area contributed by atoms with Crippen molar-refractivity contribution in [2.75, 3.05) is 13.2 Å². The molecule has 1 saturated carbocycles. The molecule has 6 nitrogen and oxygen atoms in total. The van der Waals surface area contributed by atoms with Gasteiger partial charge in [-0.25, -0.2) is 13.1 Å². The van der Waals surface area contributed by atoms with Gasteiger partial charge in [0.05, 0.1) is 29.7 Å². The molecule has 24 heavy (non-hydrogen) atoms. The summed E-state index contributed by atoms with van der Waals surface area (Å²) in [5.74, 6) is 0.360. The van der Waals surface area contributed by atoms with Crippen LogP contribution in [-0.4, -0.2) is 44.5 Å². The summed E-state index contributed by atoms with van der Waals surface area (Å²) < 4.78 is 33.8. The fourth-order valence-electron chi connectivity index (χ4n) is 3.36. The maximum Gasteiger partial charge on any atom is 0.256 e. The predicted molar refractivity (Wildman–Crippen MR) is 91.1 cm³/mol. The van der Waals surface area contributed by atoms with Crippen LogP contribution in [0, 0.1) is 5.92 Å². The molecule has 0 spiro atoms. The first-order valence-corrected chi connectivity index (χ1v) is 10.4. The minimum atomic E-state index is -3.76. The molecule has 1 aliphatic carbocycles. The van der Waals surface area contributed by atoms with Gasteiger partial charge in [-0.1, -0.05) is 15.9 Å². The molecule has 0 aromatic heterocycles. The number of nitrogens with one attached hydrogen (secondary N) is 1. The number of ether oxygens (including phenoxy) is 1. The van der Waals surface area contributed by atoms with Crippen molar-refractivity contribution in [1.82, 2.24) is 9.62 Å². The number of rotatable bonds is 5. The highest BCUT2D eigenvalue weighted by atomic mass is 79.9. The molecule has 2 fully saturated rings. The Balaban J connectivity index is 1.71. The third-order valence-corrected chi connectivity index (χ3v) is 7.01. The van der Waals surface area contributed by atoms with Gasteiger partial charge in [-0.05, 0) is 43.4 Å². The molecule has 1 saturated heterocycles. The van der Waals surface area contributed by atoms with Crippen molar-refractivity contribution in [2.24, 2.45) is 5.92 Å². The van der Waals surface area contributed by atoms with Gasteiger partial charge in [0.25, 0.3) is 5.91 Å². The summed E-state index contributed by atoms with van der Waals surface area (Å²) >= 11 is 3.38. The van der Waals surface area contributed by atoms with E-state index in [1.54, 1.807) is 4.90 Å². The Kier molecular flexibility index (Phi) is 3.98. The van der Waals surface area contributed by atoms with E-state index in [0.717, 1.165) is 18.4 Å². The summed E-state index contributed by atoms with van der Waals surface area (Å²) in [7, 11) is -3.76. The van der Waals surface area contributed by atoms with Crippen LogP contribution in [0.5, 0.6) is 0 Å². The molecule has 2 heterocycles. The second-order valence-corrected chi connectivity index (χ2v) is 9.40. The predicted octanol–water partition coefficient (Wildman–Crippen LogP) is 1.88. The van der Waals surface area contributed by atoms with Gasteiger partial charge in [0.2, 0.25) is 10.0 Å². The highest BCUT2D eigenvalue weighted by molar-refractivity contribution is 9.10. The first-order valence-electron chi connectivity index (χ1n) is 8.10. The van der Waals surface area contributed by atoms with Crippen molar-refractivity contribution in [3.63, 3.8) is 0 Å². The van der Waals surface area contributed by atoms with Gasteiger partial charge in [0.1, 0.15) is 0 Å². The van der Waals surface area contributed by atoms with Crippen LogP contribution in [0.3, 0.4) is 0 Å². The lowest BCUT2D eigenvalue weighted by Crippen LogP contribution is -2.48. The largest absolute Gasteiger partial charge is 0.378 e. The van der Waals surface area contributed by atoms with E-state index in [4.69, 9.17) is 4.74 Å². The first kappa shape index (κ1) is 16.5. The standard InChI is InChI=1S/C16H19BrN2O4S/c1-9(10-2-3-10)19-6-11-4-12(17)5-14(15(11)16(19)20)24(21,22)18-13-7-23-8-13/h4-5,9-10,13,18H,2-3,6-8H2,1H3/t9-/m0/s1. The van der Waals surface area contributed by atoms with E-state index in [0.29, 0.717) is 35.7 Å². The Morgan fingerprint density at radius 2 is 2.04 bits per heavy atom. The van der Waals surface area contributed by atoms with E-state index in [-0.39, 0.29) is 22.9 Å². The van der Waals surface area contributed by atoms with Gasteiger partial charge < -0.3 is 9.64 Å². The van der Waals surface area contributed by atoms with Gasteiger partial charge in [0, 0.05) is 17.1 Å². The lowest BCUT2D eigenvalue weighted by molar-refractivity contribution is 0.00481. The van der Waals surface area contributed by atoms with Crippen molar-refractivity contribution in [3.8, 4) is 0 Å². The van der Waals surface area contributed by atoms with E-state index < -0.39 is 10.0 Å². The SMILES string of the molecule is C[C@@H](C1CC1)N1Cc2cc(Br)cc(S(=O)(=O)NC3COC3)c2C1=O. The summed E-state index contributed by atoms with van der Waals surface area (Å²) in [5.41, 5.74) is 1.09. The second kappa shape index (κ2) is 5.79. The number of amides is 1. The maximum atomic E-state index is 12.9. The number of benzene rings is 1. The van der Waals surface area contributed by atoms with Gasteiger partial charge in [0.15, 0.2) is 0 Å². The zero-order chi connectivity index (χ0) is 17.1. The Bertz CT molecular complexity index is 803. The number of fused-ring (bicyclic) bond motifs is 1. The van der Waals surface area contributed by atoms with Crippen molar-refractivity contribution in [1.29, 1.82) is 0 Å². The molecule has 1 N–H and O–H groups in total. The van der Waals surface area contributed by atoms with E-state index >= 15 is 0 Å². The Morgan fingerprint density at radius 3 is 2.62 bits per heavy atom. The topological polar surface area (TPSA) is 75.7 Å². The quantitative estimate of drug-likeness (QED) is 0.797. The van der Waals surface area contributed by atoms with Gasteiger partial charge in [-0.15, -0.1) is 0 Å². The lowest BCUT2D eigenvalue weighted by atomic mass is 10.1. The molecule has 1 aromatic rings. The Hall–Kier alpha value is -0.960. The van der Waals surface area contributed by atoms with E-state index in [2.05, 4.69) is 27.6 Å². The number of hydrogen-bond acceptors (Lipinski definition) is 4. The van der Waals surface area contributed by atoms with Crippen LogP contribution in [-0.2, 0) is 21.3 Å². The molecule has 0 bridgehead atoms. The molecule has 4 rings (SSSR count). The van der Waals surface area contributed by atoms with Gasteiger partial charge in [-0.3, -0.25) is 4.79 Å². The monoisotopic (exact) mass is 414 g/mol. The summed E-state index contributed by atoms with van der Waals surface area (Å²) in [6.07, 6.45) is 2.28. The number of sulfonamides is 1. The number of carbonyl (C=O) groups is 1. The molecular weight excluding hydrogens is 396 g/mol.